The number of amides is 2. The Balaban J connectivity index is 1.67. The van der Waals surface area contributed by atoms with Crippen molar-refractivity contribution in [2.24, 2.45) is 0 Å². The van der Waals surface area contributed by atoms with Crippen LogP contribution in [0.2, 0.25) is 0 Å². The zero-order valence-corrected chi connectivity index (χ0v) is 18.5. The fourth-order valence-electron chi connectivity index (χ4n) is 3.73. The van der Waals surface area contributed by atoms with Crippen LogP contribution in [0.3, 0.4) is 0 Å². The van der Waals surface area contributed by atoms with E-state index in [0.717, 1.165) is 25.7 Å². The number of nitrogens with zero attached hydrogens (tertiary/aromatic N) is 1. The summed E-state index contributed by atoms with van der Waals surface area (Å²) in [6, 6.07) is 12.1. The second-order valence-corrected chi connectivity index (χ2v) is 8.85. The van der Waals surface area contributed by atoms with Crippen molar-refractivity contribution in [3.05, 3.63) is 71.3 Å². The molecule has 0 saturated heterocycles. The van der Waals surface area contributed by atoms with Gasteiger partial charge < -0.3 is 10.2 Å². The molecule has 0 aromatic heterocycles. The number of thioether (sulfide) groups is 1. The van der Waals surface area contributed by atoms with Crippen molar-refractivity contribution in [1.82, 2.24) is 10.2 Å². The van der Waals surface area contributed by atoms with Gasteiger partial charge in [-0.2, -0.15) is 0 Å². The Bertz CT molecular complexity index is 903. The maximum Gasteiger partial charge on any atom is 0.242 e. The van der Waals surface area contributed by atoms with Crippen molar-refractivity contribution in [1.29, 1.82) is 0 Å². The molecule has 1 fully saturated rings. The molecule has 0 unspecified atom stereocenters. The SMILES string of the molecule is C[C@@H](C(=O)NC1CCCC1)N(Cc1ccccc1F)C(=O)CSCc1ccccc1F. The van der Waals surface area contributed by atoms with Crippen LogP contribution in [-0.4, -0.2) is 34.6 Å². The molecule has 166 valence electrons. The maximum atomic E-state index is 14.2. The molecule has 1 aliphatic carbocycles. The maximum absolute atomic E-state index is 14.2. The Kier molecular flexibility index (Phi) is 8.46. The Morgan fingerprint density at radius 2 is 1.61 bits per heavy atom. The summed E-state index contributed by atoms with van der Waals surface area (Å²) in [6.45, 7) is 1.68. The first-order valence-corrected chi connectivity index (χ1v) is 11.8. The molecule has 1 N–H and O–H groups in total. The molecule has 0 bridgehead atoms. The molecule has 4 nitrogen and oxygen atoms in total. The normalized spacial score (nSPS) is 14.9. The molecule has 1 aliphatic rings. The van der Waals surface area contributed by atoms with Gasteiger partial charge in [0.1, 0.15) is 17.7 Å². The summed E-state index contributed by atoms with van der Waals surface area (Å²) in [5.74, 6) is -0.814. The minimum Gasteiger partial charge on any atom is -0.352 e. The van der Waals surface area contributed by atoms with Crippen LogP contribution in [0.4, 0.5) is 8.78 Å². The number of hydrogen-bond acceptors (Lipinski definition) is 3. The van der Waals surface area contributed by atoms with Crippen LogP contribution < -0.4 is 5.32 Å². The first-order valence-electron chi connectivity index (χ1n) is 10.6. The number of nitrogens with one attached hydrogen (secondary N) is 1. The zero-order valence-electron chi connectivity index (χ0n) is 17.7. The summed E-state index contributed by atoms with van der Waals surface area (Å²) >= 11 is 1.28. The average molecular weight is 447 g/mol. The third-order valence-corrected chi connectivity index (χ3v) is 6.57. The van der Waals surface area contributed by atoms with Crippen LogP contribution in [0.5, 0.6) is 0 Å². The fourth-order valence-corrected chi connectivity index (χ4v) is 4.63. The summed E-state index contributed by atoms with van der Waals surface area (Å²) in [6.07, 6.45) is 4.06. The second-order valence-electron chi connectivity index (χ2n) is 7.86. The molecule has 7 heteroatoms. The highest BCUT2D eigenvalue weighted by molar-refractivity contribution is 7.99. The Morgan fingerprint density at radius 3 is 2.23 bits per heavy atom. The van der Waals surface area contributed by atoms with Gasteiger partial charge in [-0.3, -0.25) is 9.59 Å². The largest absolute Gasteiger partial charge is 0.352 e. The van der Waals surface area contributed by atoms with E-state index in [1.807, 2.05) is 0 Å². The summed E-state index contributed by atoms with van der Waals surface area (Å²) in [5, 5.41) is 3.02. The van der Waals surface area contributed by atoms with Gasteiger partial charge in [0.05, 0.1) is 5.75 Å². The minimum atomic E-state index is -0.734. The molecular formula is C24H28F2N2O2S. The predicted molar refractivity (Wildman–Crippen MR) is 119 cm³/mol. The third-order valence-electron chi connectivity index (χ3n) is 5.61. The van der Waals surface area contributed by atoms with Crippen LogP contribution in [0.25, 0.3) is 0 Å². The monoisotopic (exact) mass is 446 g/mol. The van der Waals surface area contributed by atoms with E-state index in [1.165, 1.54) is 28.8 Å². The van der Waals surface area contributed by atoms with Gasteiger partial charge in [0.15, 0.2) is 0 Å². The van der Waals surface area contributed by atoms with Gasteiger partial charge in [0.25, 0.3) is 0 Å². The third kappa shape index (κ3) is 6.53. The Labute approximate surface area is 186 Å². The average Bonchev–Trinajstić information content (AvgIpc) is 3.27. The topological polar surface area (TPSA) is 49.4 Å². The molecule has 0 heterocycles. The van der Waals surface area contributed by atoms with Crippen LogP contribution >= 0.6 is 11.8 Å². The van der Waals surface area contributed by atoms with E-state index in [-0.39, 0.29) is 36.0 Å². The van der Waals surface area contributed by atoms with Gasteiger partial charge in [-0.25, -0.2) is 8.78 Å². The molecule has 3 rings (SSSR count). The van der Waals surface area contributed by atoms with Crippen molar-refractivity contribution in [2.45, 2.75) is 57.0 Å². The molecule has 1 saturated carbocycles. The predicted octanol–water partition coefficient (Wildman–Crippen LogP) is 4.67. The lowest BCUT2D eigenvalue weighted by Gasteiger charge is -2.29. The molecule has 31 heavy (non-hydrogen) atoms. The van der Waals surface area contributed by atoms with E-state index in [2.05, 4.69) is 5.32 Å². The molecule has 2 aromatic carbocycles. The van der Waals surface area contributed by atoms with Crippen molar-refractivity contribution in [2.75, 3.05) is 5.75 Å². The fraction of sp³-hybridized carbons (Fsp3) is 0.417. The standard InChI is InChI=1S/C24H28F2N2O2S/c1-17(24(30)27-20-10-4-5-11-20)28(14-18-8-2-6-12-21(18)25)23(29)16-31-15-19-9-3-7-13-22(19)26/h2-3,6-9,12-13,17,20H,4-5,10-11,14-16H2,1H3,(H,27,30)/t17-/m0/s1. The first-order chi connectivity index (χ1) is 15.0. The zero-order chi connectivity index (χ0) is 22.2. The second kappa shape index (κ2) is 11.3. The number of hydrogen-bond donors (Lipinski definition) is 1. The van der Waals surface area contributed by atoms with E-state index in [9.17, 15) is 18.4 Å². The quantitative estimate of drug-likeness (QED) is 0.609. The Hall–Kier alpha value is -2.41. The lowest BCUT2D eigenvalue weighted by atomic mass is 10.1. The van der Waals surface area contributed by atoms with Crippen molar-refractivity contribution in [3.8, 4) is 0 Å². The Morgan fingerprint density at radius 1 is 1.03 bits per heavy atom. The van der Waals surface area contributed by atoms with Crippen molar-refractivity contribution >= 4 is 23.6 Å². The van der Waals surface area contributed by atoms with Gasteiger partial charge in [0, 0.05) is 23.9 Å². The van der Waals surface area contributed by atoms with Gasteiger partial charge in [-0.15, -0.1) is 11.8 Å². The summed E-state index contributed by atoms with van der Waals surface area (Å²) in [5.41, 5.74) is 0.878. The first kappa shape index (κ1) is 23.3. The van der Waals surface area contributed by atoms with Gasteiger partial charge >= 0.3 is 0 Å². The van der Waals surface area contributed by atoms with E-state index in [4.69, 9.17) is 0 Å². The van der Waals surface area contributed by atoms with Crippen molar-refractivity contribution in [3.63, 3.8) is 0 Å². The molecule has 2 aromatic rings. The van der Waals surface area contributed by atoms with E-state index >= 15 is 0 Å². The molecule has 0 spiro atoms. The minimum absolute atomic E-state index is 0.00498. The molecule has 0 aliphatic heterocycles. The van der Waals surface area contributed by atoms with E-state index < -0.39 is 11.9 Å². The smallest absolute Gasteiger partial charge is 0.242 e. The molecule has 0 radical (unpaired) electrons. The highest BCUT2D eigenvalue weighted by Gasteiger charge is 2.28. The molecule has 1 atom stereocenters. The molecule has 2 amide bonds. The van der Waals surface area contributed by atoms with Gasteiger partial charge in [-0.1, -0.05) is 49.2 Å². The summed E-state index contributed by atoms with van der Waals surface area (Å²) in [4.78, 5) is 27.2. The summed E-state index contributed by atoms with van der Waals surface area (Å²) in [7, 11) is 0. The summed E-state index contributed by atoms with van der Waals surface area (Å²) < 4.78 is 28.1. The lowest BCUT2D eigenvalue weighted by molar-refractivity contribution is -0.139. The number of halogens is 2. The van der Waals surface area contributed by atoms with Crippen LogP contribution in [0.1, 0.15) is 43.7 Å². The van der Waals surface area contributed by atoms with Crippen LogP contribution in [0.15, 0.2) is 48.5 Å². The number of rotatable bonds is 9. The number of benzene rings is 2. The number of carbonyl (C=O) groups is 2. The van der Waals surface area contributed by atoms with E-state index in [0.29, 0.717) is 16.9 Å². The van der Waals surface area contributed by atoms with Crippen LogP contribution in [0, 0.1) is 11.6 Å². The van der Waals surface area contributed by atoms with Crippen LogP contribution in [-0.2, 0) is 21.9 Å². The van der Waals surface area contributed by atoms with Gasteiger partial charge in [0.2, 0.25) is 11.8 Å². The van der Waals surface area contributed by atoms with E-state index in [1.54, 1.807) is 43.3 Å². The molecular weight excluding hydrogens is 418 g/mol. The lowest BCUT2D eigenvalue weighted by Crippen LogP contribution is -2.50. The highest BCUT2D eigenvalue weighted by atomic mass is 32.2. The highest BCUT2D eigenvalue weighted by Crippen LogP contribution is 2.20. The van der Waals surface area contributed by atoms with Gasteiger partial charge in [-0.05, 0) is 37.5 Å². The van der Waals surface area contributed by atoms with Crippen molar-refractivity contribution < 1.29 is 18.4 Å². The number of carbonyl (C=O) groups excluding carboxylic acids is 2.